The lowest BCUT2D eigenvalue weighted by atomic mass is 10.2. The zero-order chi connectivity index (χ0) is 14.0. The second-order valence-corrected chi connectivity index (χ2v) is 4.40. The molecule has 0 fully saturated rings. The van der Waals surface area contributed by atoms with Crippen molar-refractivity contribution < 1.29 is 9.66 Å². The summed E-state index contributed by atoms with van der Waals surface area (Å²) in [5, 5.41) is 15.8. The molecule has 0 N–H and O–H groups in total. The monoisotopic (exact) mass is 261 g/mol. The lowest BCUT2D eigenvalue weighted by molar-refractivity contribution is -0.384. The van der Waals surface area contributed by atoms with Gasteiger partial charge in [-0.1, -0.05) is 6.08 Å². The van der Waals surface area contributed by atoms with E-state index in [-0.39, 0.29) is 11.8 Å². The lowest BCUT2D eigenvalue weighted by Crippen LogP contribution is -2.10. The van der Waals surface area contributed by atoms with Crippen molar-refractivity contribution in [3.8, 4) is 5.88 Å². The van der Waals surface area contributed by atoms with Crippen LogP contribution in [-0.4, -0.2) is 20.8 Å². The minimum Gasteiger partial charge on any atom is -0.475 e. The maximum atomic E-state index is 10.8. The van der Waals surface area contributed by atoms with Gasteiger partial charge in [-0.2, -0.15) is 5.10 Å². The molecule has 0 amide bonds. The molecule has 0 aliphatic carbocycles. The Morgan fingerprint density at radius 2 is 2.32 bits per heavy atom. The molecule has 0 saturated carbocycles. The number of rotatable bonds is 5. The highest BCUT2D eigenvalue weighted by Crippen LogP contribution is 2.29. The van der Waals surface area contributed by atoms with Crippen LogP contribution >= 0.6 is 0 Å². The molecule has 0 saturated heterocycles. The summed E-state index contributed by atoms with van der Waals surface area (Å²) in [5.74, 6) is 0.611. The number of fused-ring (bicyclic) bond motifs is 1. The lowest BCUT2D eigenvalue weighted by Gasteiger charge is -2.11. The van der Waals surface area contributed by atoms with Gasteiger partial charge in [0.2, 0.25) is 5.88 Å². The number of non-ortho nitro benzene ring substituents is 1. The van der Waals surface area contributed by atoms with Crippen molar-refractivity contribution in [2.24, 2.45) is 0 Å². The number of nitrogens with zero attached hydrogens (tertiary/aromatic N) is 3. The van der Waals surface area contributed by atoms with Gasteiger partial charge >= 0.3 is 0 Å². The first kappa shape index (κ1) is 13.1. The first-order valence-corrected chi connectivity index (χ1v) is 5.95. The van der Waals surface area contributed by atoms with Gasteiger partial charge in [0.25, 0.3) is 5.69 Å². The molecule has 2 aromatic rings. The van der Waals surface area contributed by atoms with Gasteiger partial charge in [0.1, 0.15) is 5.52 Å². The number of hydrogen-bond donors (Lipinski definition) is 0. The zero-order valence-electron chi connectivity index (χ0n) is 10.9. The van der Waals surface area contributed by atoms with E-state index in [4.69, 9.17) is 4.74 Å². The smallest absolute Gasteiger partial charge is 0.271 e. The van der Waals surface area contributed by atoms with Crippen molar-refractivity contribution in [3.05, 3.63) is 41.0 Å². The first-order chi connectivity index (χ1) is 9.02. The van der Waals surface area contributed by atoms with Gasteiger partial charge in [-0.05, 0) is 19.9 Å². The molecule has 1 aromatic carbocycles. The maximum absolute atomic E-state index is 10.8. The molecule has 6 heteroatoms. The molecule has 1 aromatic heterocycles. The van der Waals surface area contributed by atoms with Crippen molar-refractivity contribution >= 4 is 16.6 Å². The minimum atomic E-state index is -0.436. The fraction of sp³-hybridized carbons (Fsp3) is 0.308. The third-order valence-electron chi connectivity index (χ3n) is 2.53. The Hall–Kier alpha value is -2.37. The molecule has 0 atom stereocenters. The van der Waals surface area contributed by atoms with E-state index in [0.717, 1.165) is 5.39 Å². The van der Waals surface area contributed by atoms with E-state index in [1.165, 1.54) is 12.1 Å². The highest BCUT2D eigenvalue weighted by atomic mass is 16.6. The summed E-state index contributed by atoms with van der Waals surface area (Å²) in [4.78, 5) is 10.3. The first-order valence-electron chi connectivity index (χ1n) is 5.95. The van der Waals surface area contributed by atoms with Crippen LogP contribution in [0.15, 0.2) is 30.9 Å². The third kappa shape index (κ3) is 2.57. The standard InChI is InChI=1S/C13H15N3O3/c1-4-7-15-13(19-9(2)3)11-6-5-10(16(17)18)8-12(11)14-15/h4-6,8-9H,1,7H2,2-3H3. The number of nitro benzene ring substituents is 1. The molecule has 0 aliphatic heterocycles. The molecule has 0 unspecified atom stereocenters. The minimum absolute atomic E-state index is 0.00124. The zero-order valence-corrected chi connectivity index (χ0v) is 10.9. The van der Waals surface area contributed by atoms with E-state index in [2.05, 4.69) is 11.7 Å². The largest absolute Gasteiger partial charge is 0.475 e. The van der Waals surface area contributed by atoms with E-state index in [9.17, 15) is 10.1 Å². The topological polar surface area (TPSA) is 70.2 Å². The van der Waals surface area contributed by atoms with Crippen LogP contribution in [0.25, 0.3) is 10.9 Å². The Morgan fingerprint density at radius 3 is 2.89 bits per heavy atom. The summed E-state index contributed by atoms with van der Waals surface area (Å²) in [6.07, 6.45) is 1.70. The molecule has 1 heterocycles. The highest BCUT2D eigenvalue weighted by Gasteiger charge is 2.16. The summed E-state index contributed by atoms with van der Waals surface area (Å²) in [7, 11) is 0. The number of benzene rings is 1. The second-order valence-electron chi connectivity index (χ2n) is 4.40. The third-order valence-corrected chi connectivity index (χ3v) is 2.53. The average molecular weight is 261 g/mol. The van der Waals surface area contributed by atoms with Gasteiger partial charge in [-0.25, -0.2) is 4.68 Å². The van der Waals surface area contributed by atoms with E-state index in [1.807, 2.05) is 13.8 Å². The van der Waals surface area contributed by atoms with Gasteiger partial charge in [-0.3, -0.25) is 10.1 Å². The summed E-state index contributed by atoms with van der Waals surface area (Å²) in [6, 6.07) is 4.56. The SMILES string of the molecule is C=CCn1nc2cc([N+](=O)[O-])ccc2c1OC(C)C. The molecule has 0 radical (unpaired) electrons. The van der Waals surface area contributed by atoms with Gasteiger partial charge in [0.05, 0.1) is 23.0 Å². The molecule has 19 heavy (non-hydrogen) atoms. The number of ether oxygens (including phenoxy) is 1. The number of hydrogen-bond acceptors (Lipinski definition) is 4. The van der Waals surface area contributed by atoms with Crippen LogP contribution in [0.4, 0.5) is 5.69 Å². The average Bonchev–Trinajstić information content (AvgIpc) is 2.66. The van der Waals surface area contributed by atoms with Gasteiger partial charge in [0.15, 0.2) is 0 Å². The van der Waals surface area contributed by atoms with Crippen molar-refractivity contribution in [2.75, 3.05) is 0 Å². The summed E-state index contributed by atoms with van der Waals surface area (Å²) < 4.78 is 7.39. The number of allylic oxidation sites excluding steroid dienone is 1. The summed E-state index contributed by atoms with van der Waals surface area (Å²) in [6.45, 7) is 8.00. The number of nitro groups is 1. The Bertz CT molecular complexity index is 631. The normalized spacial score (nSPS) is 10.9. The molecular formula is C13H15N3O3. The van der Waals surface area contributed by atoms with Crippen molar-refractivity contribution in [1.82, 2.24) is 9.78 Å². The van der Waals surface area contributed by atoms with Crippen LogP contribution in [0.3, 0.4) is 0 Å². The van der Waals surface area contributed by atoms with E-state index >= 15 is 0 Å². The highest BCUT2D eigenvalue weighted by molar-refractivity contribution is 5.86. The quantitative estimate of drug-likeness (QED) is 0.471. The molecule has 0 spiro atoms. The van der Waals surface area contributed by atoms with Crippen LogP contribution in [0, 0.1) is 10.1 Å². The van der Waals surface area contributed by atoms with Crippen molar-refractivity contribution in [3.63, 3.8) is 0 Å². The van der Waals surface area contributed by atoms with Crippen LogP contribution in [0.2, 0.25) is 0 Å². The number of aromatic nitrogens is 2. The summed E-state index contributed by atoms with van der Waals surface area (Å²) >= 11 is 0. The van der Waals surface area contributed by atoms with Gasteiger partial charge < -0.3 is 4.74 Å². The predicted molar refractivity (Wildman–Crippen MR) is 72.3 cm³/mol. The molecule has 100 valence electrons. The Kier molecular flexibility index (Phi) is 3.50. The van der Waals surface area contributed by atoms with E-state index in [1.54, 1.807) is 16.8 Å². The van der Waals surface area contributed by atoms with E-state index in [0.29, 0.717) is 17.9 Å². The predicted octanol–water partition coefficient (Wildman–Crippen LogP) is 2.92. The fourth-order valence-electron chi connectivity index (χ4n) is 1.81. The summed E-state index contributed by atoms with van der Waals surface area (Å²) in [5.41, 5.74) is 0.568. The molecular weight excluding hydrogens is 246 g/mol. The maximum Gasteiger partial charge on any atom is 0.271 e. The molecule has 0 bridgehead atoms. The van der Waals surface area contributed by atoms with E-state index < -0.39 is 4.92 Å². The van der Waals surface area contributed by atoms with Crippen LogP contribution < -0.4 is 4.74 Å². The van der Waals surface area contributed by atoms with Gasteiger partial charge in [0, 0.05) is 12.1 Å². The molecule has 2 rings (SSSR count). The molecule has 6 nitrogen and oxygen atoms in total. The van der Waals surface area contributed by atoms with Gasteiger partial charge in [-0.15, -0.1) is 6.58 Å². The van der Waals surface area contributed by atoms with Crippen LogP contribution in [0.5, 0.6) is 5.88 Å². The Morgan fingerprint density at radius 1 is 1.58 bits per heavy atom. The molecule has 0 aliphatic rings. The van der Waals surface area contributed by atoms with Crippen LogP contribution in [0.1, 0.15) is 13.8 Å². The Labute approximate surface area is 110 Å². The van der Waals surface area contributed by atoms with Crippen LogP contribution in [-0.2, 0) is 6.54 Å². The fourth-order valence-corrected chi connectivity index (χ4v) is 1.81. The van der Waals surface area contributed by atoms with Crippen molar-refractivity contribution in [1.29, 1.82) is 0 Å². The Balaban J connectivity index is 2.58. The van der Waals surface area contributed by atoms with Crippen molar-refractivity contribution in [2.45, 2.75) is 26.5 Å². The second kappa shape index (κ2) is 5.09.